The quantitative estimate of drug-likeness (QED) is 0.604. The molecule has 0 bridgehead atoms. The standard InChI is InChI=1S/C23H32N4O4/c1-17(2)8-10-26-13-20(24-16-26)12-21(22(28)29)27-11-9-19(14-27)25-23(30)31-15-18-6-4-3-5-7-18/h3-7,13,16-17,19,21H,8-12,14-15H2,1-2H3,(H,25,30)(H,28,29)/t19-,21-/m0/s1. The first-order valence-electron chi connectivity index (χ1n) is 10.9. The first kappa shape index (κ1) is 22.8. The van der Waals surface area contributed by atoms with Crippen molar-refractivity contribution in [3.63, 3.8) is 0 Å². The first-order valence-corrected chi connectivity index (χ1v) is 10.9. The molecule has 1 aliphatic rings. The predicted octanol–water partition coefficient (Wildman–Crippen LogP) is 2.93. The van der Waals surface area contributed by atoms with Gasteiger partial charge in [0.25, 0.3) is 0 Å². The summed E-state index contributed by atoms with van der Waals surface area (Å²) in [5.41, 5.74) is 1.69. The molecule has 1 aromatic heterocycles. The molecule has 1 fully saturated rings. The molecule has 0 unspecified atom stereocenters. The summed E-state index contributed by atoms with van der Waals surface area (Å²) in [6, 6.07) is 8.69. The molecule has 0 radical (unpaired) electrons. The topological polar surface area (TPSA) is 96.7 Å². The molecule has 1 aliphatic heterocycles. The van der Waals surface area contributed by atoms with E-state index in [9.17, 15) is 14.7 Å². The number of imidazole rings is 1. The number of carboxylic acid groups (broad SMARTS) is 1. The van der Waals surface area contributed by atoms with Crippen LogP contribution in [0.15, 0.2) is 42.9 Å². The number of aliphatic carboxylic acids is 1. The number of ether oxygens (including phenoxy) is 1. The van der Waals surface area contributed by atoms with E-state index in [1.807, 2.05) is 46.0 Å². The van der Waals surface area contributed by atoms with E-state index in [0.29, 0.717) is 31.8 Å². The molecular formula is C23H32N4O4. The van der Waals surface area contributed by atoms with E-state index in [1.54, 1.807) is 6.33 Å². The number of alkyl carbamates (subject to hydrolysis) is 1. The number of likely N-dealkylation sites (tertiary alicyclic amines) is 1. The Kier molecular flexibility index (Phi) is 8.06. The minimum absolute atomic E-state index is 0.131. The number of hydrogen-bond donors (Lipinski definition) is 2. The fourth-order valence-electron chi connectivity index (χ4n) is 3.73. The Morgan fingerprint density at radius 2 is 2.06 bits per heavy atom. The van der Waals surface area contributed by atoms with Gasteiger partial charge in [-0.05, 0) is 24.3 Å². The lowest BCUT2D eigenvalue weighted by molar-refractivity contribution is -0.142. The summed E-state index contributed by atoms with van der Waals surface area (Å²) in [4.78, 5) is 30.3. The second-order valence-corrected chi connectivity index (χ2v) is 8.53. The highest BCUT2D eigenvalue weighted by atomic mass is 16.5. The lowest BCUT2D eigenvalue weighted by Crippen LogP contribution is -2.44. The third-order valence-corrected chi connectivity index (χ3v) is 5.53. The van der Waals surface area contributed by atoms with E-state index in [0.717, 1.165) is 24.2 Å². The maximum Gasteiger partial charge on any atom is 0.407 e. The van der Waals surface area contributed by atoms with Gasteiger partial charge in [0.15, 0.2) is 0 Å². The summed E-state index contributed by atoms with van der Waals surface area (Å²) in [5.74, 6) is -0.268. The lowest BCUT2D eigenvalue weighted by Gasteiger charge is -2.23. The van der Waals surface area contributed by atoms with Crippen molar-refractivity contribution < 1.29 is 19.4 Å². The normalized spacial score (nSPS) is 17.6. The minimum atomic E-state index is -0.871. The number of aromatic nitrogens is 2. The monoisotopic (exact) mass is 428 g/mol. The number of nitrogens with zero attached hydrogens (tertiary/aromatic N) is 3. The molecule has 0 spiro atoms. The molecule has 31 heavy (non-hydrogen) atoms. The molecule has 1 aromatic carbocycles. The van der Waals surface area contributed by atoms with Crippen molar-refractivity contribution >= 4 is 12.1 Å². The predicted molar refractivity (Wildman–Crippen MR) is 117 cm³/mol. The summed E-state index contributed by atoms with van der Waals surface area (Å²) >= 11 is 0. The van der Waals surface area contributed by atoms with Crippen LogP contribution >= 0.6 is 0 Å². The molecule has 0 saturated carbocycles. The highest BCUT2D eigenvalue weighted by Gasteiger charge is 2.33. The van der Waals surface area contributed by atoms with E-state index in [4.69, 9.17) is 4.74 Å². The highest BCUT2D eigenvalue weighted by Crippen LogP contribution is 2.17. The van der Waals surface area contributed by atoms with E-state index in [-0.39, 0.29) is 12.6 Å². The average molecular weight is 429 g/mol. The van der Waals surface area contributed by atoms with Crippen LogP contribution in [0.4, 0.5) is 4.79 Å². The van der Waals surface area contributed by atoms with Crippen LogP contribution in [0.1, 0.15) is 37.9 Å². The third kappa shape index (κ3) is 7.10. The molecule has 8 heteroatoms. The Balaban J connectivity index is 1.48. The summed E-state index contributed by atoms with van der Waals surface area (Å²) in [6.45, 7) is 6.52. The Bertz CT molecular complexity index is 852. The zero-order valence-electron chi connectivity index (χ0n) is 18.2. The lowest BCUT2D eigenvalue weighted by atomic mass is 10.1. The third-order valence-electron chi connectivity index (χ3n) is 5.53. The molecule has 2 aromatic rings. The van der Waals surface area contributed by atoms with Gasteiger partial charge in [0.1, 0.15) is 12.6 Å². The van der Waals surface area contributed by atoms with E-state index < -0.39 is 18.1 Å². The molecule has 1 saturated heterocycles. The molecular weight excluding hydrogens is 396 g/mol. The van der Waals surface area contributed by atoms with Crippen molar-refractivity contribution in [2.24, 2.45) is 5.92 Å². The van der Waals surface area contributed by atoms with Crippen LogP contribution in [0, 0.1) is 5.92 Å². The van der Waals surface area contributed by atoms with Crippen molar-refractivity contribution in [1.29, 1.82) is 0 Å². The molecule has 168 valence electrons. The molecule has 2 atom stereocenters. The average Bonchev–Trinajstić information content (AvgIpc) is 3.39. The van der Waals surface area contributed by atoms with Crippen LogP contribution in [0.3, 0.4) is 0 Å². The van der Waals surface area contributed by atoms with Gasteiger partial charge < -0.3 is 19.7 Å². The maximum absolute atomic E-state index is 12.1. The van der Waals surface area contributed by atoms with Crippen molar-refractivity contribution in [3.8, 4) is 0 Å². The molecule has 8 nitrogen and oxygen atoms in total. The van der Waals surface area contributed by atoms with E-state index >= 15 is 0 Å². The van der Waals surface area contributed by atoms with Crippen LogP contribution in [0.5, 0.6) is 0 Å². The largest absolute Gasteiger partial charge is 0.480 e. The van der Waals surface area contributed by atoms with Crippen molar-refractivity contribution in [1.82, 2.24) is 19.8 Å². The van der Waals surface area contributed by atoms with Gasteiger partial charge in [-0.3, -0.25) is 9.69 Å². The number of benzene rings is 1. The van der Waals surface area contributed by atoms with Crippen molar-refractivity contribution in [3.05, 3.63) is 54.1 Å². The maximum atomic E-state index is 12.1. The number of aryl methyl sites for hydroxylation is 1. The zero-order valence-corrected chi connectivity index (χ0v) is 18.2. The number of nitrogens with one attached hydrogen (secondary N) is 1. The summed E-state index contributed by atoms with van der Waals surface area (Å²) < 4.78 is 7.29. The SMILES string of the molecule is CC(C)CCn1cnc(C[C@@H](C(=O)O)N2CC[C@H](NC(=O)OCc3ccccc3)C2)c1. The van der Waals surface area contributed by atoms with Gasteiger partial charge in [-0.2, -0.15) is 0 Å². The number of rotatable bonds is 10. The Hall–Kier alpha value is -2.87. The number of hydrogen-bond acceptors (Lipinski definition) is 5. The van der Waals surface area contributed by atoms with Crippen LogP contribution in [0.2, 0.25) is 0 Å². The Labute approximate surface area is 183 Å². The van der Waals surface area contributed by atoms with Gasteiger partial charge in [0.2, 0.25) is 0 Å². The summed E-state index contributed by atoms with van der Waals surface area (Å²) in [6.07, 6.45) is 5.31. The van der Waals surface area contributed by atoms with Crippen molar-refractivity contribution in [2.75, 3.05) is 13.1 Å². The highest BCUT2D eigenvalue weighted by molar-refractivity contribution is 5.74. The minimum Gasteiger partial charge on any atom is -0.480 e. The van der Waals surface area contributed by atoms with Gasteiger partial charge in [-0.15, -0.1) is 0 Å². The summed E-state index contributed by atoms with van der Waals surface area (Å²) in [7, 11) is 0. The second kappa shape index (κ2) is 10.9. The van der Waals surface area contributed by atoms with Gasteiger partial charge in [0, 0.05) is 38.3 Å². The molecule has 2 heterocycles. The molecule has 3 rings (SSSR count). The smallest absolute Gasteiger partial charge is 0.407 e. The van der Waals surface area contributed by atoms with Gasteiger partial charge in [-0.1, -0.05) is 44.2 Å². The zero-order chi connectivity index (χ0) is 22.2. The first-order chi connectivity index (χ1) is 14.9. The molecule has 2 N–H and O–H groups in total. The van der Waals surface area contributed by atoms with Crippen LogP contribution in [-0.2, 0) is 29.1 Å². The van der Waals surface area contributed by atoms with Gasteiger partial charge in [-0.25, -0.2) is 9.78 Å². The Morgan fingerprint density at radius 3 is 2.77 bits per heavy atom. The van der Waals surface area contributed by atoms with Gasteiger partial charge in [0.05, 0.1) is 12.0 Å². The van der Waals surface area contributed by atoms with Crippen molar-refractivity contribution in [2.45, 2.75) is 58.3 Å². The second-order valence-electron chi connectivity index (χ2n) is 8.53. The fourth-order valence-corrected chi connectivity index (χ4v) is 3.73. The number of amides is 1. The van der Waals surface area contributed by atoms with Crippen LogP contribution in [0.25, 0.3) is 0 Å². The number of carbonyl (C=O) groups excluding carboxylic acids is 1. The number of carboxylic acids is 1. The fraction of sp³-hybridized carbons (Fsp3) is 0.522. The van der Waals surface area contributed by atoms with E-state index in [2.05, 4.69) is 24.1 Å². The van der Waals surface area contributed by atoms with Gasteiger partial charge >= 0.3 is 12.1 Å². The molecule has 1 amide bonds. The van der Waals surface area contributed by atoms with Crippen LogP contribution < -0.4 is 5.32 Å². The van der Waals surface area contributed by atoms with E-state index in [1.165, 1.54) is 0 Å². The Morgan fingerprint density at radius 1 is 1.29 bits per heavy atom. The summed E-state index contributed by atoms with van der Waals surface area (Å²) in [5, 5.41) is 12.6. The van der Waals surface area contributed by atoms with Crippen LogP contribution in [-0.4, -0.2) is 56.8 Å². The number of carbonyl (C=O) groups is 2. The molecule has 0 aliphatic carbocycles.